The van der Waals surface area contributed by atoms with Gasteiger partial charge in [-0.15, -0.1) is 0 Å². The summed E-state index contributed by atoms with van der Waals surface area (Å²) in [5.74, 6) is 0.865. The van der Waals surface area contributed by atoms with Gasteiger partial charge in [0.1, 0.15) is 11.9 Å². The minimum atomic E-state index is -0.779. The van der Waals surface area contributed by atoms with Crippen molar-refractivity contribution < 1.29 is 19.7 Å². The fraction of sp³-hybridized carbons (Fsp3) is 0.667. The molecular formula is C18H27NO4. The molecule has 0 unspecified atom stereocenters. The van der Waals surface area contributed by atoms with Crippen molar-refractivity contribution >= 4 is 0 Å². The van der Waals surface area contributed by atoms with E-state index in [0.29, 0.717) is 25.8 Å². The topological polar surface area (TPSA) is 71.0 Å². The van der Waals surface area contributed by atoms with Crippen LogP contribution in [0.25, 0.3) is 0 Å². The quantitative estimate of drug-likeness (QED) is 0.740. The normalized spacial score (nSPS) is 28.9. The molecule has 23 heavy (non-hydrogen) atoms. The van der Waals surface area contributed by atoms with Crippen LogP contribution in [0.3, 0.4) is 0 Å². The molecule has 1 saturated heterocycles. The highest BCUT2D eigenvalue weighted by atomic mass is 16.5. The van der Waals surface area contributed by atoms with Gasteiger partial charge in [0.25, 0.3) is 0 Å². The molecule has 1 aromatic rings. The van der Waals surface area contributed by atoms with Crippen molar-refractivity contribution in [3.63, 3.8) is 0 Å². The molecule has 128 valence electrons. The summed E-state index contributed by atoms with van der Waals surface area (Å²) in [6.07, 6.45) is 3.73. The largest absolute Gasteiger partial charge is 0.490 e. The molecule has 5 heteroatoms. The minimum Gasteiger partial charge on any atom is -0.490 e. The van der Waals surface area contributed by atoms with Gasteiger partial charge < -0.3 is 25.0 Å². The monoisotopic (exact) mass is 321 g/mol. The molecule has 3 rings (SSSR count). The van der Waals surface area contributed by atoms with E-state index in [9.17, 15) is 10.2 Å². The molecule has 0 radical (unpaired) electrons. The summed E-state index contributed by atoms with van der Waals surface area (Å²) < 4.78 is 11.3. The summed E-state index contributed by atoms with van der Waals surface area (Å²) in [5.41, 5.74) is 1.16. The Labute approximate surface area is 137 Å². The molecule has 1 saturated carbocycles. The van der Waals surface area contributed by atoms with Crippen molar-refractivity contribution in [1.29, 1.82) is 0 Å². The van der Waals surface area contributed by atoms with E-state index in [0.717, 1.165) is 24.2 Å². The predicted octanol–water partition coefficient (Wildman–Crippen LogP) is 1.47. The number of hydrogen-bond donors (Lipinski definition) is 3. The zero-order valence-electron chi connectivity index (χ0n) is 13.5. The number of benzene rings is 1. The maximum atomic E-state index is 9.95. The second-order valence-corrected chi connectivity index (χ2v) is 6.66. The first-order chi connectivity index (χ1) is 11.2. The third-order valence-corrected chi connectivity index (χ3v) is 4.74. The Balaban J connectivity index is 1.46. The first-order valence-corrected chi connectivity index (χ1v) is 8.62. The number of aliphatic hydroxyl groups excluding tert-OH is 2. The molecule has 0 amide bonds. The Kier molecular flexibility index (Phi) is 5.89. The number of ether oxygens (including phenoxy) is 2. The molecule has 0 bridgehead atoms. The van der Waals surface area contributed by atoms with Gasteiger partial charge in [-0.2, -0.15) is 0 Å². The standard InChI is InChI=1S/C18H27NO4/c20-17-12-22-11-14(18(17)21)10-19-9-13-4-3-7-16(8-13)23-15-5-1-2-6-15/h3-4,7-8,14-15,17-21H,1-2,5-6,9-12H2/t14-,17-,18+/m1/s1. The Hall–Kier alpha value is -1.14. The van der Waals surface area contributed by atoms with Crippen LogP contribution in [-0.4, -0.2) is 48.3 Å². The van der Waals surface area contributed by atoms with Crippen molar-refractivity contribution in [2.45, 2.75) is 50.5 Å². The van der Waals surface area contributed by atoms with Crippen LogP contribution >= 0.6 is 0 Å². The van der Waals surface area contributed by atoms with Gasteiger partial charge >= 0.3 is 0 Å². The number of nitrogens with one attached hydrogen (secondary N) is 1. The molecule has 1 aliphatic heterocycles. The highest BCUT2D eigenvalue weighted by Gasteiger charge is 2.30. The Morgan fingerprint density at radius 1 is 1.17 bits per heavy atom. The van der Waals surface area contributed by atoms with Crippen LogP contribution in [0.2, 0.25) is 0 Å². The fourth-order valence-electron chi connectivity index (χ4n) is 3.36. The maximum Gasteiger partial charge on any atom is 0.120 e. The molecule has 1 heterocycles. The van der Waals surface area contributed by atoms with Crippen LogP contribution in [0.1, 0.15) is 31.2 Å². The molecule has 2 aliphatic rings. The van der Waals surface area contributed by atoms with E-state index in [1.807, 2.05) is 12.1 Å². The van der Waals surface area contributed by atoms with Gasteiger partial charge in [0.05, 0.1) is 25.4 Å². The number of rotatable bonds is 6. The zero-order chi connectivity index (χ0) is 16.1. The van der Waals surface area contributed by atoms with Gasteiger partial charge in [-0.1, -0.05) is 12.1 Å². The zero-order valence-corrected chi connectivity index (χ0v) is 13.5. The lowest BCUT2D eigenvalue weighted by molar-refractivity contribution is -0.119. The van der Waals surface area contributed by atoms with E-state index in [1.165, 1.54) is 12.8 Å². The average Bonchev–Trinajstić information content (AvgIpc) is 3.05. The molecule has 5 nitrogen and oxygen atoms in total. The van der Waals surface area contributed by atoms with E-state index < -0.39 is 12.2 Å². The molecule has 3 atom stereocenters. The van der Waals surface area contributed by atoms with Crippen LogP contribution in [0.15, 0.2) is 24.3 Å². The molecule has 0 spiro atoms. The van der Waals surface area contributed by atoms with Crippen LogP contribution in [0.5, 0.6) is 5.75 Å². The van der Waals surface area contributed by atoms with Gasteiger partial charge in [-0.3, -0.25) is 0 Å². The maximum absolute atomic E-state index is 9.95. The van der Waals surface area contributed by atoms with E-state index in [2.05, 4.69) is 17.4 Å². The van der Waals surface area contributed by atoms with Crippen molar-refractivity contribution in [3.05, 3.63) is 29.8 Å². The van der Waals surface area contributed by atoms with Crippen molar-refractivity contribution in [2.75, 3.05) is 19.8 Å². The average molecular weight is 321 g/mol. The summed E-state index contributed by atoms with van der Waals surface area (Å²) in [6, 6.07) is 8.17. The molecule has 0 aromatic heterocycles. The lowest BCUT2D eigenvalue weighted by atomic mass is 9.96. The summed E-state index contributed by atoms with van der Waals surface area (Å²) in [5, 5.41) is 22.9. The second kappa shape index (κ2) is 8.11. The van der Waals surface area contributed by atoms with E-state index in [1.54, 1.807) is 0 Å². The van der Waals surface area contributed by atoms with Crippen molar-refractivity contribution in [3.8, 4) is 5.75 Å². The number of hydrogen-bond acceptors (Lipinski definition) is 5. The first-order valence-electron chi connectivity index (χ1n) is 8.62. The smallest absolute Gasteiger partial charge is 0.120 e. The number of aliphatic hydroxyl groups is 2. The summed E-state index contributed by atoms with van der Waals surface area (Å²) in [4.78, 5) is 0. The summed E-state index contributed by atoms with van der Waals surface area (Å²) >= 11 is 0. The predicted molar refractivity (Wildman–Crippen MR) is 87.4 cm³/mol. The van der Waals surface area contributed by atoms with E-state index >= 15 is 0 Å². The van der Waals surface area contributed by atoms with Gasteiger partial charge in [-0.05, 0) is 43.4 Å². The van der Waals surface area contributed by atoms with Crippen LogP contribution in [-0.2, 0) is 11.3 Å². The van der Waals surface area contributed by atoms with Gasteiger partial charge in [0, 0.05) is 19.0 Å². The second-order valence-electron chi connectivity index (χ2n) is 6.66. The summed E-state index contributed by atoms with van der Waals surface area (Å²) in [6.45, 7) is 2.03. The molecular weight excluding hydrogens is 294 g/mol. The highest BCUT2D eigenvalue weighted by Crippen LogP contribution is 2.24. The van der Waals surface area contributed by atoms with Gasteiger partial charge in [0.2, 0.25) is 0 Å². The van der Waals surface area contributed by atoms with E-state index in [-0.39, 0.29) is 12.5 Å². The lowest BCUT2D eigenvalue weighted by Crippen LogP contribution is -2.47. The minimum absolute atomic E-state index is 0.0725. The van der Waals surface area contributed by atoms with Gasteiger partial charge in [0.15, 0.2) is 0 Å². The lowest BCUT2D eigenvalue weighted by Gasteiger charge is -2.31. The molecule has 1 aliphatic carbocycles. The van der Waals surface area contributed by atoms with Crippen molar-refractivity contribution in [1.82, 2.24) is 5.32 Å². The third kappa shape index (κ3) is 4.67. The summed E-state index contributed by atoms with van der Waals surface area (Å²) in [7, 11) is 0. The Morgan fingerprint density at radius 2 is 2.00 bits per heavy atom. The third-order valence-electron chi connectivity index (χ3n) is 4.74. The van der Waals surface area contributed by atoms with Crippen LogP contribution in [0.4, 0.5) is 0 Å². The highest BCUT2D eigenvalue weighted by molar-refractivity contribution is 5.28. The molecule has 3 N–H and O–H groups in total. The van der Waals surface area contributed by atoms with Gasteiger partial charge in [-0.25, -0.2) is 0 Å². The van der Waals surface area contributed by atoms with Crippen molar-refractivity contribution in [2.24, 2.45) is 5.92 Å². The fourth-order valence-corrected chi connectivity index (χ4v) is 3.36. The van der Waals surface area contributed by atoms with Crippen LogP contribution in [0, 0.1) is 5.92 Å². The first kappa shape index (κ1) is 16.7. The Bertz CT molecular complexity index is 490. The SMILES string of the molecule is O[C@H]1[C@H](CNCc2cccc(OC3CCCC3)c2)COC[C@H]1O. The Morgan fingerprint density at radius 3 is 2.83 bits per heavy atom. The molecule has 2 fully saturated rings. The molecule has 1 aromatic carbocycles. The van der Waals surface area contributed by atoms with E-state index in [4.69, 9.17) is 9.47 Å². The van der Waals surface area contributed by atoms with Crippen LogP contribution < -0.4 is 10.1 Å².